The van der Waals surface area contributed by atoms with Gasteiger partial charge in [0.05, 0.1) is 70.1 Å². The van der Waals surface area contributed by atoms with Crippen molar-refractivity contribution in [3.05, 3.63) is 240 Å². The number of aliphatic hydroxyl groups excluding tert-OH is 8. The fraction of sp³-hybridized carbons (Fsp3) is 0.607. The first-order chi connectivity index (χ1) is 63.0. The van der Waals surface area contributed by atoms with Crippen LogP contribution in [0.15, 0.2) is 259 Å². The maximum atomic E-state index is 12.8. The van der Waals surface area contributed by atoms with Crippen molar-refractivity contribution in [1.29, 1.82) is 0 Å². The van der Waals surface area contributed by atoms with E-state index >= 15 is 0 Å². The van der Waals surface area contributed by atoms with E-state index in [1.54, 1.807) is 35.4 Å². The van der Waals surface area contributed by atoms with E-state index in [0.717, 1.165) is 120 Å². The van der Waals surface area contributed by atoms with Gasteiger partial charge in [0.25, 0.3) is 0 Å². The van der Waals surface area contributed by atoms with E-state index in [9.17, 15) is 57.7 Å². The molecule has 4 aromatic heterocycles. The molecule has 0 spiro atoms. The molecule has 132 heavy (non-hydrogen) atoms. The normalized spacial score (nSPS) is 35.9. The van der Waals surface area contributed by atoms with Crippen LogP contribution in [-0.4, -0.2) is 149 Å². The van der Waals surface area contributed by atoms with Crippen LogP contribution >= 0.6 is 23.5 Å². The minimum absolute atomic E-state index is 0.178. The second-order valence-corrected chi connectivity index (χ2v) is 49.3. The van der Waals surface area contributed by atoms with Crippen molar-refractivity contribution in [2.24, 2.45) is 92.7 Å². The van der Waals surface area contributed by atoms with Gasteiger partial charge in [-0.2, -0.15) is 0 Å². The minimum Gasteiger partial charge on any atom is -0.393 e. The number of hydrogen-bond acceptors (Lipinski definition) is 18. The van der Waals surface area contributed by atoms with Gasteiger partial charge in [0.1, 0.15) is 0 Å². The van der Waals surface area contributed by atoms with Crippen LogP contribution < -0.4 is 0 Å². The predicted molar refractivity (Wildman–Crippen MR) is 537 cm³/mol. The van der Waals surface area contributed by atoms with Gasteiger partial charge in [0, 0.05) is 85.0 Å². The van der Waals surface area contributed by atoms with Crippen molar-refractivity contribution in [2.75, 3.05) is 23.0 Å². The summed E-state index contributed by atoms with van der Waals surface area (Å²) in [5, 5.41) is 80.9. The molecule has 16 rings (SSSR count). The summed E-state index contributed by atoms with van der Waals surface area (Å²) < 4.78 is 51.2. The van der Waals surface area contributed by atoms with E-state index in [4.69, 9.17) is 0 Å². The van der Waals surface area contributed by atoms with Gasteiger partial charge in [-0.1, -0.05) is 153 Å². The summed E-state index contributed by atoms with van der Waals surface area (Å²) in [7, 11) is -6.58. The Hall–Kier alpha value is -6.24. The fourth-order valence-electron chi connectivity index (χ4n) is 27.1. The molecule has 0 aliphatic heterocycles. The Morgan fingerprint density at radius 3 is 0.818 bits per heavy atom. The topological polar surface area (TPSA) is 282 Å². The lowest BCUT2D eigenvalue weighted by atomic mass is 9.61. The van der Waals surface area contributed by atoms with Crippen molar-refractivity contribution in [1.82, 2.24) is 19.9 Å². The van der Waals surface area contributed by atoms with Crippen LogP contribution in [0.5, 0.6) is 0 Å². The van der Waals surface area contributed by atoms with E-state index in [2.05, 4.69) is 175 Å². The van der Waals surface area contributed by atoms with Gasteiger partial charge < -0.3 is 40.9 Å². The van der Waals surface area contributed by atoms with Crippen LogP contribution in [-0.2, 0) is 19.7 Å². The number of nitrogens with zero attached hydrogens (tertiary/aromatic N) is 4. The third-order valence-corrected chi connectivity index (χ3v) is 40.3. The third-order valence-electron chi connectivity index (χ3n) is 34.6. The van der Waals surface area contributed by atoms with Crippen molar-refractivity contribution in [2.45, 2.75) is 329 Å². The molecule has 0 radical (unpaired) electrons. The monoisotopic (exact) mass is 1880 g/mol. The minimum atomic E-state index is -3.29. The SMILES string of the molecule is C=C1/C(=C\C=C2/CCC[C@]3(C)C([C@H](C)CCS(=O)(=O)c4ccncc4)CC[C@@H]23)C[C@@H](O)C[C@@H]1O.C=C1/C(=C\C=C2/CCC[C@]3(C)C([C@H](C)CCS(=O)(=O)c4ccncc4)CC[C@@H]23)C[C@H](O)C[C@H]1O.C=C1/C(=C\C=C2/CCC[C@]3(C)C([C@H](C)CCSc4ccncc4)CC[C@@H]23)C[C@@H](O)C[C@@H]1O.C=C1/C(=C\C=C2/CCC[C@]3(C)C([C@H](C)CCSc4ccncc4)CC[C@@H]23)C[C@H](O)C[C@H]1O. The zero-order chi connectivity index (χ0) is 94.5. The van der Waals surface area contributed by atoms with Crippen LogP contribution in [0.1, 0.15) is 261 Å². The summed E-state index contributed by atoms with van der Waals surface area (Å²) in [4.78, 5) is 19.5. The fourth-order valence-corrected chi connectivity index (χ4v) is 32.1. The molecule has 12 aliphatic carbocycles. The van der Waals surface area contributed by atoms with Crippen LogP contribution in [0.4, 0.5) is 0 Å². The van der Waals surface area contributed by atoms with Crippen molar-refractivity contribution >= 4 is 43.2 Å². The summed E-state index contributed by atoms with van der Waals surface area (Å²) in [5.74, 6) is 9.79. The number of aliphatic hydroxyl groups is 8. The Labute approximate surface area is 800 Å². The van der Waals surface area contributed by atoms with Crippen LogP contribution in [0.2, 0.25) is 0 Å². The standard InChI is InChI=1S/2C28H39NO4S.2C28H39NO2S/c2*1-19(12-16-34(32,33)24-10-14-29-15-11-24)25-8-9-26-21(5-4-13-28(25,26)3)6-7-22-17-23(30)18-27(31)20(22)2;2*1-19(12-16-32-24-10-14-29-15-11-24)25-8-9-26-21(5-4-13-28(25,26)3)6-7-22-17-23(30)18-27(31)20(22)2/h2*6-7,10-11,14-15,19,23,25-27,30-31H,2,4-5,8-9,12-13,16-18H2,1,3H3;2*6-7,10-11,14-15,19,23,25-27,30-31H,2,4-5,8-9,12-13,16-18H2,1,3H3/b4*21-6+,22-7-/t19-,23+,25?,26+,27-,28-;19-,23-,25?,26+,27+,28-;19-,23+,25?,26+,27-,28-;19-,23-,25?,26+,27+,28-/m1111/s1. The smallest absolute Gasteiger partial charge is 0.178 e. The Kier molecular flexibility index (Phi) is 36.0. The second kappa shape index (κ2) is 46.0. The highest BCUT2D eigenvalue weighted by molar-refractivity contribution is 7.99. The lowest BCUT2D eigenvalue weighted by Crippen LogP contribution is -2.36. The predicted octanol–water partition coefficient (Wildman–Crippen LogP) is 22.7. The summed E-state index contributed by atoms with van der Waals surface area (Å²) >= 11 is 3.91. The van der Waals surface area contributed by atoms with E-state index < -0.39 is 68.5 Å². The lowest BCUT2D eigenvalue weighted by molar-refractivity contribution is 0.0855. The maximum Gasteiger partial charge on any atom is 0.178 e. The number of thioether (sulfide) groups is 2. The largest absolute Gasteiger partial charge is 0.393 e. The summed E-state index contributed by atoms with van der Waals surface area (Å²) in [6.07, 6.45) is 58.7. The third kappa shape index (κ3) is 24.9. The van der Waals surface area contributed by atoms with E-state index in [1.165, 1.54) is 147 Å². The number of aromatic nitrogens is 4. The molecule has 16 nitrogen and oxygen atoms in total. The number of pyridine rings is 4. The molecule has 8 N–H and O–H groups in total. The van der Waals surface area contributed by atoms with E-state index in [0.29, 0.717) is 132 Å². The molecule has 0 aromatic carbocycles. The number of sulfone groups is 2. The average Bonchev–Trinajstić information content (AvgIpc) is 1.61. The Balaban J connectivity index is 0.000000150. The highest BCUT2D eigenvalue weighted by Gasteiger charge is 2.55. The molecule has 24 atom stereocenters. The number of hydrogen-bond donors (Lipinski definition) is 8. The molecular weight excluding hydrogens is 1720 g/mol. The molecule has 12 fully saturated rings. The Morgan fingerprint density at radius 1 is 0.348 bits per heavy atom. The molecule has 12 saturated carbocycles. The number of rotatable bonds is 24. The number of allylic oxidation sites excluding steroid dienone is 12. The molecule has 12 aliphatic rings. The first-order valence-electron chi connectivity index (χ1n) is 50.1. The summed E-state index contributed by atoms with van der Waals surface area (Å²) in [6.45, 7) is 35.6. The lowest BCUT2D eigenvalue weighted by Gasteiger charge is -2.44. The van der Waals surface area contributed by atoms with E-state index in [-0.39, 0.29) is 22.3 Å². The molecule has 4 heterocycles. The van der Waals surface area contributed by atoms with Crippen LogP contribution in [0, 0.1) is 92.7 Å². The van der Waals surface area contributed by atoms with Gasteiger partial charge in [-0.05, 0) is 377 Å². The van der Waals surface area contributed by atoms with Crippen molar-refractivity contribution < 1.29 is 57.7 Å². The van der Waals surface area contributed by atoms with Gasteiger partial charge >= 0.3 is 0 Å². The van der Waals surface area contributed by atoms with Gasteiger partial charge in [-0.15, -0.1) is 23.5 Å². The molecule has 0 saturated heterocycles. The molecule has 0 amide bonds. The molecule has 4 aromatic rings. The van der Waals surface area contributed by atoms with Crippen LogP contribution in [0.3, 0.4) is 0 Å². The van der Waals surface area contributed by atoms with Crippen LogP contribution in [0.25, 0.3) is 0 Å². The zero-order valence-electron chi connectivity index (χ0n) is 80.3. The zero-order valence-corrected chi connectivity index (χ0v) is 83.6. The summed E-state index contributed by atoms with van der Waals surface area (Å²) in [6, 6.07) is 14.7. The van der Waals surface area contributed by atoms with Gasteiger partial charge in [0.2, 0.25) is 0 Å². The average molecular weight is 1880 g/mol. The van der Waals surface area contributed by atoms with Gasteiger partial charge in [-0.3, -0.25) is 19.9 Å². The maximum absolute atomic E-state index is 12.8. The van der Waals surface area contributed by atoms with E-state index in [1.807, 2.05) is 48.3 Å². The second-order valence-electron chi connectivity index (χ2n) is 42.8. The van der Waals surface area contributed by atoms with Crippen molar-refractivity contribution in [3.8, 4) is 0 Å². The highest BCUT2D eigenvalue weighted by atomic mass is 32.2. The summed E-state index contributed by atoms with van der Waals surface area (Å²) in [5.41, 5.74) is 14.2. The highest BCUT2D eigenvalue weighted by Crippen LogP contribution is 2.64. The molecule has 4 unspecified atom stereocenters. The Bertz CT molecular complexity index is 4790. The molecular formula is C112H156N4O12S4. The molecule has 0 bridgehead atoms. The quantitative estimate of drug-likeness (QED) is 0.0303. The van der Waals surface area contributed by atoms with Gasteiger partial charge in [-0.25, -0.2) is 16.8 Å². The first kappa shape index (κ1) is 103. The molecule has 720 valence electrons. The van der Waals surface area contributed by atoms with Crippen molar-refractivity contribution in [3.63, 3.8) is 0 Å². The van der Waals surface area contributed by atoms with Gasteiger partial charge in [0.15, 0.2) is 19.7 Å². The molecule has 20 heteroatoms. The number of fused-ring (bicyclic) bond motifs is 4. The first-order valence-corrected chi connectivity index (χ1v) is 55.4. The Morgan fingerprint density at radius 2 is 0.576 bits per heavy atom.